The zero-order valence-corrected chi connectivity index (χ0v) is 14.7. The SMILES string of the molecule is C/C=C/[C@@H](O)[C@H](COP(=O)([O-])OCC[N+](C)(C)C)NC(C)=O. The van der Waals surface area contributed by atoms with Gasteiger partial charge in [0, 0.05) is 6.92 Å². The summed E-state index contributed by atoms with van der Waals surface area (Å²) < 4.78 is 21.7. The Bertz CT molecular complexity index is 421. The summed E-state index contributed by atoms with van der Waals surface area (Å²) in [5.74, 6) is -0.399. The number of phosphoric ester groups is 1. The largest absolute Gasteiger partial charge is 0.756 e. The highest BCUT2D eigenvalue weighted by molar-refractivity contribution is 7.45. The Morgan fingerprint density at radius 3 is 2.45 bits per heavy atom. The van der Waals surface area contributed by atoms with E-state index >= 15 is 0 Å². The number of hydrogen-bond donors (Lipinski definition) is 2. The van der Waals surface area contributed by atoms with Gasteiger partial charge >= 0.3 is 0 Å². The first-order chi connectivity index (χ1) is 9.97. The van der Waals surface area contributed by atoms with Gasteiger partial charge in [0.2, 0.25) is 5.91 Å². The number of hydrogen-bond acceptors (Lipinski definition) is 6. The first kappa shape index (κ1) is 21.2. The molecule has 130 valence electrons. The molecule has 0 aliphatic rings. The maximum Gasteiger partial charge on any atom is 0.268 e. The number of quaternary nitrogens is 1. The normalized spacial score (nSPS) is 18.0. The number of carbonyl (C=O) groups is 1. The maximum absolute atomic E-state index is 11.7. The molecule has 1 amide bonds. The monoisotopic (exact) mass is 338 g/mol. The van der Waals surface area contributed by atoms with Gasteiger partial charge in [-0.1, -0.05) is 12.2 Å². The lowest BCUT2D eigenvalue weighted by molar-refractivity contribution is -0.870. The molecule has 0 saturated carbocycles. The summed E-state index contributed by atoms with van der Waals surface area (Å²) in [7, 11) is 1.23. The molecule has 0 aliphatic heterocycles. The van der Waals surface area contributed by atoms with Gasteiger partial charge in [-0.05, 0) is 6.92 Å². The predicted octanol–water partition coefficient (Wildman–Crippen LogP) is -0.364. The van der Waals surface area contributed by atoms with Gasteiger partial charge in [-0.15, -0.1) is 0 Å². The highest BCUT2D eigenvalue weighted by atomic mass is 31.2. The van der Waals surface area contributed by atoms with Crippen LogP contribution in [-0.4, -0.2) is 68.5 Å². The Kier molecular flexibility index (Phi) is 9.07. The lowest BCUT2D eigenvalue weighted by Crippen LogP contribution is -2.45. The molecule has 0 aliphatic carbocycles. The molecule has 0 bridgehead atoms. The van der Waals surface area contributed by atoms with Crippen molar-refractivity contribution in [2.45, 2.75) is 26.0 Å². The molecule has 1 unspecified atom stereocenters. The Morgan fingerprint density at radius 2 is 2.00 bits per heavy atom. The summed E-state index contributed by atoms with van der Waals surface area (Å²) >= 11 is 0. The second-order valence-electron chi connectivity index (χ2n) is 5.91. The van der Waals surface area contributed by atoms with Gasteiger partial charge in [0.1, 0.15) is 13.2 Å². The van der Waals surface area contributed by atoms with E-state index in [0.29, 0.717) is 11.0 Å². The summed E-state index contributed by atoms with van der Waals surface area (Å²) in [4.78, 5) is 22.7. The van der Waals surface area contributed by atoms with Gasteiger partial charge in [0.05, 0.1) is 39.9 Å². The fraction of sp³-hybridized carbons (Fsp3) is 0.769. The van der Waals surface area contributed by atoms with Crippen molar-refractivity contribution in [2.75, 3.05) is 40.9 Å². The molecular weight excluding hydrogens is 311 g/mol. The van der Waals surface area contributed by atoms with Gasteiger partial charge in [-0.2, -0.15) is 0 Å². The zero-order chi connectivity index (χ0) is 17.4. The summed E-state index contributed by atoms with van der Waals surface area (Å²) in [5.41, 5.74) is 0. The molecule has 0 saturated heterocycles. The Hall–Kier alpha value is -0.760. The fourth-order valence-electron chi connectivity index (χ4n) is 1.45. The van der Waals surface area contributed by atoms with Crippen molar-refractivity contribution >= 4 is 13.7 Å². The van der Waals surface area contributed by atoms with Crippen LogP contribution in [0.1, 0.15) is 13.8 Å². The van der Waals surface area contributed by atoms with Crippen molar-refractivity contribution in [3.63, 3.8) is 0 Å². The number of likely N-dealkylation sites (N-methyl/N-ethyl adjacent to an activating group) is 1. The highest BCUT2D eigenvalue weighted by Crippen LogP contribution is 2.38. The first-order valence-corrected chi connectivity index (χ1v) is 8.41. The average molecular weight is 338 g/mol. The molecule has 0 spiro atoms. The van der Waals surface area contributed by atoms with E-state index in [2.05, 4.69) is 5.32 Å². The van der Waals surface area contributed by atoms with Crippen molar-refractivity contribution in [3.8, 4) is 0 Å². The number of allylic oxidation sites excluding steroid dienone is 1. The highest BCUT2D eigenvalue weighted by Gasteiger charge is 2.21. The van der Waals surface area contributed by atoms with Crippen LogP contribution in [0.25, 0.3) is 0 Å². The van der Waals surface area contributed by atoms with Crippen LogP contribution in [0.3, 0.4) is 0 Å². The van der Waals surface area contributed by atoms with E-state index in [9.17, 15) is 19.4 Å². The van der Waals surface area contributed by atoms with Crippen molar-refractivity contribution in [2.24, 2.45) is 0 Å². The molecule has 9 heteroatoms. The summed E-state index contributed by atoms with van der Waals surface area (Å²) in [6.45, 7) is 3.04. The number of carbonyl (C=O) groups excluding carboxylic acids is 1. The summed E-state index contributed by atoms with van der Waals surface area (Å²) in [6, 6.07) is -0.877. The minimum absolute atomic E-state index is 0.00744. The number of nitrogens with one attached hydrogen (secondary N) is 1. The van der Waals surface area contributed by atoms with E-state index in [0.717, 1.165) is 0 Å². The molecule has 0 heterocycles. The third-order valence-corrected chi connectivity index (χ3v) is 3.58. The third kappa shape index (κ3) is 10.9. The zero-order valence-electron chi connectivity index (χ0n) is 13.8. The van der Waals surface area contributed by atoms with Crippen LogP contribution < -0.4 is 10.2 Å². The number of aliphatic hydroxyl groups excluding tert-OH is 1. The van der Waals surface area contributed by atoms with Crippen LogP contribution >= 0.6 is 7.82 Å². The predicted molar refractivity (Wildman–Crippen MR) is 80.8 cm³/mol. The molecule has 8 nitrogen and oxygen atoms in total. The van der Waals surface area contributed by atoms with Crippen LogP contribution in [0, 0.1) is 0 Å². The Labute approximate surface area is 131 Å². The standard InChI is InChI=1S/C13H27N2O6P/c1-6-7-13(17)12(14-11(2)16)10-21-22(18,19)20-9-8-15(3,4)5/h6-7,12-13,17H,8-10H2,1-5H3,(H-,14,16,18,19)/b7-6+/t12-,13+/m0/s1. The Morgan fingerprint density at radius 1 is 1.41 bits per heavy atom. The van der Waals surface area contributed by atoms with E-state index in [4.69, 9.17) is 9.05 Å². The molecule has 2 N–H and O–H groups in total. The van der Waals surface area contributed by atoms with E-state index in [1.54, 1.807) is 13.0 Å². The second-order valence-corrected chi connectivity index (χ2v) is 7.32. The molecule has 0 aromatic heterocycles. The maximum atomic E-state index is 11.7. The minimum Gasteiger partial charge on any atom is -0.756 e. The number of aliphatic hydroxyl groups is 1. The van der Waals surface area contributed by atoms with Gasteiger partial charge < -0.3 is 28.8 Å². The third-order valence-electron chi connectivity index (χ3n) is 2.61. The molecule has 0 radical (unpaired) electrons. The number of amides is 1. The molecule has 0 aromatic rings. The van der Waals surface area contributed by atoms with E-state index in [1.807, 2.05) is 21.1 Å². The first-order valence-electron chi connectivity index (χ1n) is 6.95. The van der Waals surface area contributed by atoms with E-state index < -0.39 is 32.5 Å². The van der Waals surface area contributed by atoms with Crippen molar-refractivity contribution in [3.05, 3.63) is 12.2 Å². The molecule has 0 fully saturated rings. The van der Waals surface area contributed by atoms with Crippen molar-refractivity contribution in [1.82, 2.24) is 5.32 Å². The van der Waals surface area contributed by atoms with E-state index in [-0.39, 0.29) is 6.61 Å². The van der Waals surface area contributed by atoms with Crippen molar-refractivity contribution < 1.29 is 32.9 Å². The van der Waals surface area contributed by atoms with E-state index in [1.165, 1.54) is 13.0 Å². The van der Waals surface area contributed by atoms with Crippen LogP contribution in [0.2, 0.25) is 0 Å². The summed E-state index contributed by atoms with van der Waals surface area (Å²) in [6.07, 6.45) is 1.96. The van der Waals surface area contributed by atoms with Crippen LogP contribution in [0.5, 0.6) is 0 Å². The van der Waals surface area contributed by atoms with Crippen LogP contribution in [-0.2, 0) is 18.4 Å². The van der Waals surface area contributed by atoms with Gasteiger partial charge in [0.15, 0.2) is 0 Å². The topological polar surface area (TPSA) is 108 Å². The number of phosphoric acid groups is 1. The quantitative estimate of drug-likeness (QED) is 0.320. The fourth-order valence-corrected chi connectivity index (χ4v) is 2.18. The molecular formula is C13H27N2O6P. The molecule has 0 rings (SSSR count). The molecule has 0 aromatic carbocycles. The smallest absolute Gasteiger partial charge is 0.268 e. The Balaban J connectivity index is 4.48. The average Bonchev–Trinajstić information content (AvgIpc) is 2.32. The lowest BCUT2D eigenvalue weighted by Gasteiger charge is -2.29. The van der Waals surface area contributed by atoms with Gasteiger partial charge in [-0.25, -0.2) is 0 Å². The van der Waals surface area contributed by atoms with Crippen molar-refractivity contribution in [1.29, 1.82) is 0 Å². The lowest BCUT2D eigenvalue weighted by atomic mass is 10.1. The molecule has 22 heavy (non-hydrogen) atoms. The summed E-state index contributed by atoms with van der Waals surface area (Å²) in [5, 5.41) is 12.3. The number of rotatable bonds is 10. The molecule has 3 atom stereocenters. The van der Waals surface area contributed by atoms with Gasteiger partial charge in [-0.3, -0.25) is 9.36 Å². The van der Waals surface area contributed by atoms with Gasteiger partial charge in [0.25, 0.3) is 7.82 Å². The van der Waals surface area contributed by atoms with Crippen LogP contribution in [0.15, 0.2) is 12.2 Å². The van der Waals surface area contributed by atoms with Crippen LogP contribution in [0.4, 0.5) is 0 Å². The second kappa shape index (κ2) is 9.39. The minimum atomic E-state index is -4.48. The number of nitrogens with zero attached hydrogens (tertiary/aromatic N) is 1.